The maximum atomic E-state index is 10.4. The molecule has 1 aliphatic carbocycles. The quantitative estimate of drug-likeness (QED) is 0.548. The van der Waals surface area contributed by atoms with Crippen LogP contribution in [0, 0.1) is 5.92 Å². The van der Waals surface area contributed by atoms with E-state index in [1.54, 1.807) is 0 Å². The van der Waals surface area contributed by atoms with Crippen LogP contribution in [0.4, 0.5) is 0 Å². The Morgan fingerprint density at radius 1 is 1.15 bits per heavy atom. The van der Waals surface area contributed by atoms with Gasteiger partial charge in [-0.3, -0.25) is 0 Å². The summed E-state index contributed by atoms with van der Waals surface area (Å²) in [6.07, 6.45) is 10.9. The van der Waals surface area contributed by atoms with E-state index in [9.17, 15) is 4.57 Å². The van der Waals surface area contributed by atoms with E-state index in [4.69, 9.17) is 4.89 Å². The first-order valence-corrected chi connectivity index (χ1v) is 6.82. The Kier molecular flexibility index (Phi) is 5.57. The Hall–Kier alpha value is 0.0600. The van der Waals surface area contributed by atoms with Gasteiger partial charge in [0, 0.05) is 0 Å². The Balaban J connectivity index is 1.95. The fourth-order valence-corrected chi connectivity index (χ4v) is 2.65. The highest BCUT2D eigenvalue weighted by Crippen LogP contribution is 2.28. The second kappa shape index (κ2) is 6.50. The highest BCUT2D eigenvalue weighted by atomic mass is 31.1. The second-order valence-corrected chi connectivity index (χ2v) is 5.23. The molecule has 1 saturated carbocycles. The average molecular weight is 203 g/mol. The molecular weight excluding hydrogens is 183 g/mol. The molecule has 1 N–H and O–H groups in total. The van der Waals surface area contributed by atoms with E-state index in [1.807, 2.05) is 0 Å². The number of hydrogen-bond donors (Lipinski definition) is 1. The van der Waals surface area contributed by atoms with E-state index in [-0.39, 0.29) is 0 Å². The molecule has 13 heavy (non-hydrogen) atoms. The van der Waals surface area contributed by atoms with E-state index in [0.29, 0.717) is 6.16 Å². The molecule has 0 aromatic heterocycles. The third-order valence-electron chi connectivity index (χ3n) is 2.94. The minimum Gasteiger partial charge on any atom is -0.161 e. The summed E-state index contributed by atoms with van der Waals surface area (Å²) in [5, 5.41) is 0. The van der Waals surface area contributed by atoms with Gasteiger partial charge < -0.3 is 0 Å². The first kappa shape index (κ1) is 11.1. The lowest BCUT2D eigenvalue weighted by molar-refractivity contribution is 0.331. The summed E-state index contributed by atoms with van der Waals surface area (Å²) in [5.74, 6) is 0.922. The van der Waals surface area contributed by atoms with Gasteiger partial charge in [0.25, 0.3) is 0 Å². The maximum absolute atomic E-state index is 10.4. The molecule has 0 spiro atoms. The van der Waals surface area contributed by atoms with Crippen molar-refractivity contribution in [2.75, 3.05) is 6.16 Å². The van der Waals surface area contributed by atoms with Gasteiger partial charge in [-0.25, -0.2) is 0 Å². The van der Waals surface area contributed by atoms with Crippen LogP contribution in [-0.4, -0.2) is 11.1 Å². The topological polar surface area (TPSA) is 37.3 Å². The molecule has 0 amide bonds. The normalized spacial score (nSPS) is 20.2. The van der Waals surface area contributed by atoms with Crippen molar-refractivity contribution in [1.29, 1.82) is 0 Å². The highest BCUT2D eigenvalue weighted by Gasteiger charge is 2.14. The lowest BCUT2D eigenvalue weighted by Crippen LogP contribution is -2.05. The van der Waals surface area contributed by atoms with Crippen LogP contribution in [0.1, 0.15) is 51.4 Å². The fraction of sp³-hybridized carbons (Fsp3) is 1.00. The van der Waals surface area contributed by atoms with Crippen LogP contribution in [-0.2, 0) is 4.57 Å². The molecule has 0 radical (unpaired) electrons. The van der Waals surface area contributed by atoms with Gasteiger partial charge >= 0.3 is 8.03 Å². The lowest BCUT2D eigenvalue weighted by Gasteiger charge is -2.20. The average Bonchev–Trinajstić information content (AvgIpc) is 2.14. The number of hydrogen-bond acceptors (Lipinski definition) is 1. The second-order valence-electron chi connectivity index (χ2n) is 4.08. The van der Waals surface area contributed by atoms with E-state index >= 15 is 0 Å². The van der Waals surface area contributed by atoms with Crippen molar-refractivity contribution >= 4 is 8.03 Å². The summed E-state index contributed by atoms with van der Waals surface area (Å²) in [4.78, 5) is 8.60. The van der Waals surface area contributed by atoms with Gasteiger partial charge in [-0.05, 0) is 23.3 Å². The molecule has 1 aliphatic rings. The molecule has 0 heterocycles. The SMILES string of the molecule is O=[P+](O)CCCCC1CCCCC1. The lowest BCUT2D eigenvalue weighted by atomic mass is 9.86. The smallest absolute Gasteiger partial charge is 0.161 e. The summed E-state index contributed by atoms with van der Waals surface area (Å²) in [7, 11) is -1.88. The Labute approximate surface area is 81.6 Å². The Bertz CT molecular complexity index is 153. The van der Waals surface area contributed by atoms with Crippen molar-refractivity contribution in [3.8, 4) is 0 Å². The zero-order chi connectivity index (χ0) is 9.52. The monoisotopic (exact) mass is 203 g/mol. The van der Waals surface area contributed by atoms with Crippen molar-refractivity contribution in [1.82, 2.24) is 0 Å². The minimum absolute atomic E-state index is 0.502. The zero-order valence-corrected chi connectivity index (χ0v) is 9.14. The van der Waals surface area contributed by atoms with Crippen LogP contribution >= 0.6 is 8.03 Å². The molecule has 1 unspecified atom stereocenters. The molecule has 1 atom stereocenters. The highest BCUT2D eigenvalue weighted by molar-refractivity contribution is 7.37. The molecule has 0 aliphatic heterocycles. The van der Waals surface area contributed by atoms with E-state index in [0.717, 1.165) is 18.8 Å². The van der Waals surface area contributed by atoms with Gasteiger partial charge in [0.2, 0.25) is 0 Å². The summed E-state index contributed by atoms with van der Waals surface area (Å²) < 4.78 is 10.4. The van der Waals surface area contributed by atoms with Gasteiger partial charge in [0.05, 0.1) is 0 Å². The largest absolute Gasteiger partial charge is 0.505 e. The first-order valence-electron chi connectivity index (χ1n) is 5.42. The van der Waals surface area contributed by atoms with Gasteiger partial charge in [0.1, 0.15) is 0 Å². The maximum Gasteiger partial charge on any atom is 0.505 e. The molecule has 3 heteroatoms. The molecule has 1 fully saturated rings. The van der Waals surface area contributed by atoms with Gasteiger partial charge in [0.15, 0.2) is 6.16 Å². The van der Waals surface area contributed by atoms with Crippen molar-refractivity contribution in [3.63, 3.8) is 0 Å². The van der Waals surface area contributed by atoms with Crippen LogP contribution in [0.2, 0.25) is 0 Å². The predicted molar refractivity (Wildman–Crippen MR) is 55.1 cm³/mol. The summed E-state index contributed by atoms with van der Waals surface area (Å²) in [6.45, 7) is 0. The fourth-order valence-electron chi connectivity index (χ4n) is 2.16. The summed E-state index contributed by atoms with van der Waals surface area (Å²) in [5.41, 5.74) is 0. The first-order chi connectivity index (χ1) is 6.29. The molecule has 0 aromatic carbocycles. The molecule has 1 rings (SSSR count). The van der Waals surface area contributed by atoms with Crippen LogP contribution in [0.3, 0.4) is 0 Å². The zero-order valence-electron chi connectivity index (χ0n) is 8.24. The Morgan fingerprint density at radius 3 is 2.46 bits per heavy atom. The van der Waals surface area contributed by atoms with Crippen molar-refractivity contribution in [3.05, 3.63) is 0 Å². The molecule has 2 nitrogen and oxygen atoms in total. The molecular formula is C10H20O2P+. The van der Waals surface area contributed by atoms with E-state index in [2.05, 4.69) is 0 Å². The van der Waals surface area contributed by atoms with Gasteiger partial charge in [-0.1, -0.05) is 38.5 Å². The van der Waals surface area contributed by atoms with Crippen molar-refractivity contribution in [2.24, 2.45) is 5.92 Å². The molecule has 0 saturated heterocycles. The van der Waals surface area contributed by atoms with E-state index in [1.165, 1.54) is 38.5 Å². The van der Waals surface area contributed by atoms with Gasteiger partial charge in [-0.15, -0.1) is 0 Å². The van der Waals surface area contributed by atoms with Crippen molar-refractivity contribution < 1.29 is 9.46 Å². The predicted octanol–water partition coefficient (Wildman–Crippen LogP) is 3.47. The van der Waals surface area contributed by atoms with Crippen LogP contribution < -0.4 is 0 Å². The number of unbranched alkanes of at least 4 members (excludes halogenated alkanes) is 1. The van der Waals surface area contributed by atoms with Crippen LogP contribution in [0.5, 0.6) is 0 Å². The number of rotatable bonds is 5. The molecule has 0 aromatic rings. The standard InChI is InChI=1S/C10H19O2P/c11-13(12)9-5-4-8-10-6-2-1-3-7-10/h10H,1-9H2/p+1. The minimum atomic E-state index is -1.88. The van der Waals surface area contributed by atoms with Crippen LogP contribution in [0.25, 0.3) is 0 Å². The third kappa shape index (κ3) is 5.38. The van der Waals surface area contributed by atoms with Gasteiger partial charge in [-0.2, -0.15) is 4.89 Å². The molecule has 0 bridgehead atoms. The Morgan fingerprint density at radius 2 is 1.85 bits per heavy atom. The van der Waals surface area contributed by atoms with E-state index < -0.39 is 8.03 Å². The third-order valence-corrected chi connectivity index (χ3v) is 3.64. The van der Waals surface area contributed by atoms with Crippen molar-refractivity contribution in [2.45, 2.75) is 51.4 Å². The summed E-state index contributed by atoms with van der Waals surface area (Å²) in [6, 6.07) is 0. The van der Waals surface area contributed by atoms with Crippen LogP contribution in [0.15, 0.2) is 0 Å². The summed E-state index contributed by atoms with van der Waals surface area (Å²) >= 11 is 0. The molecule has 76 valence electrons.